The molecule has 0 radical (unpaired) electrons. The molecule has 1 fully saturated rings. The van der Waals surface area contributed by atoms with Crippen molar-refractivity contribution < 1.29 is 9.21 Å². The zero-order chi connectivity index (χ0) is 10.8. The number of hydrogen-bond donors (Lipinski definition) is 0. The van der Waals surface area contributed by atoms with Crippen LogP contribution in [0.15, 0.2) is 16.5 Å². The summed E-state index contributed by atoms with van der Waals surface area (Å²) in [5, 5.41) is 0. The van der Waals surface area contributed by atoms with Gasteiger partial charge in [0.05, 0.1) is 0 Å². The van der Waals surface area contributed by atoms with E-state index in [1.54, 1.807) is 6.07 Å². The van der Waals surface area contributed by atoms with Crippen molar-refractivity contribution in [3.63, 3.8) is 0 Å². The maximum atomic E-state index is 12.1. The minimum absolute atomic E-state index is 0.0325. The second-order valence-electron chi connectivity index (χ2n) is 3.95. The number of furan rings is 1. The fourth-order valence-electron chi connectivity index (χ4n) is 1.97. The van der Waals surface area contributed by atoms with Crippen molar-refractivity contribution in [2.75, 3.05) is 6.54 Å². The molecule has 1 aromatic rings. The second-order valence-corrected chi connectivity index (χ2v) is 5.01. The quantitative estimate of drug-likeness (QED) is 0.746. The van der Waals surface area contributed by atoms with Gasteiger partial charge in [0, 0.05) is 12.6 Å². The van der Waals surface area contributed by atoms with Crippen LogP contribution in [0.2, 0.25) is 0 Å². The fourth-order valence-corrected chi connectivity index (χ4v) is 2.39. The highest BCUT2D eigenvalue weighted by atomic mass is 127. The Morgan fingerprint density at radius 1 is 1.53 bits per heavy atom. The topological polar surface area (TPSA) is 33.5 Å². The van der Waals surface area contributed by atoms with Gasteiger partial charge in [-0.25, -0.2) is 0 Å². The summed E-state index contributed by atoms with van der Waals surface area (Å²) in [5.41, 5.74) is 0. The van der Waals surface area contributed by atoms with E-state index in [1.165, 1.54) is 6.42 Å². The molecule has 1 aliphatic rings. The third-order valence-electron chi connectivity index (χ3n) is 2.85. The van der Waals surface area contributed by atoms with Crippen LogP contribution in [0.1, 0.15) is 36.7 Å². The van der Waals surface area contributed by atoms with Crippen LogP contribution in [-0.4, -0.2) is 23.4 Å². The zero-order valence-corrected chi connectivity index (χ0v) is 10.9. The summed E-state index contributed by atoms with van der Waals surface area (Å²) < 4.78 is 6.11. The van der Waals surface area contributed by atoms with Gasteiger partial charge in [0.2, 0.25) is 0 Å². The van der Waals surface area contributed by atoms with Gasteiger partial charge in [0.15, 0.2) is 9.53 Å². The van der Waals surface area contributed by atoms with E-state index in [0.29, 0.717) is 11.8 Å². The first-order valence-corrected chi connectivity index (χ1v) is 6.32. The van der Waals surface area contributed by atoms with E-state index in [9.17, 15) is 4.79 Å². The third kappa shape index (κ3) is 2.35. The maximum Gasteiger partial charge on any atom is 0.289 e. The first-order valence-electron chi connectivity index (χ1n) is 5.25. The highest BCUT2D eigenvalue weighted by Crippen LogP contribution is 2.20. The molecule has 1 saturated heterocycles. The molecule has 0 N–H and O–H groups in total. The standard InChI is InChI=1S/C11H14INO2/c1-8-4-2-3-7-13(8)11(14)9-5-6-10(12)15-9/h5-6,8H,2-4,7H2,1H3/t8-/m1/s1. The summed E-state index contributed by atoms with van der Waals surface area (Å²) in [6, 6.07) is 3.92. The number of halogens is 1. The van der Waals surface area contributed by atoms with E-state index in [4.69, 9.17) is 4.42 Å². The predicted molar refractivity (Wildman–Crippen MR) is 65.8 cm³/mol. The van der Waals surface area contributed by atoms with E-state index in [0.717, 1.165) is 23.2 Å². The van der Waals surface area contributed by atoms with Crippen molar-refractivity contribution in [3.05, 3.63) is 21.7 Å². The molecule has 0 aliphatic carbocycles. The average Bonchev–Trinajstić information content (AvgIpc) is 2.65. The van der Waals surface area contributed by atoms with E-state index >= 15 is 0 Å². The van der Waals surface area contributed by atoms with Gasteiger partial charge in [0.1, 0.15) is 0 Å². The molecule has 1 atom stereocenters. The number of nitrogens with zero attached hydrogens (tertiary/aromatic N) is 1. The van der Waals surface area contributed by atoms with Gasteiger partial charge >= 0.3 is 0 Å². The van der Waals surface area contributed by atoms with Gasteiger partial charge in [-0.1, -0.05) is 0 Å². The molecule has 4 heteroatoms. The van der Waals surface area contributed by atoms with Gasteiger partial charge in [0.25, 0.3) is 5.91 Å². The summed E-state index contributed by atoms with van der Waals surface area (Å²) in [7, 11) is 0. The third-order valence-corrected chi connectivity index (χ3v) is 3.43. The Morgan fingerprint density at radius 2 is 2.33 bits per heavy atom. The molecule has 0 spiro atoms. The number of carbonyl (C=O) groups excluding carboxylic acids is 1. The van der Waals surface area contributed by atoms with Gasteiger partial charge in [-0.3, -0.25) is 4.79 Å². The Balaban J connectivity index is 2.13. The SMILES string of the molecule is C[C@@H]1CCCCN1C(=O)c1ccc(I)o1. The van der Waals surface area contributed by atoms with Crippen molar-refractivity contribution in [2.24, 2.45) is 0 Å². The van der Waals surface area contributed by atoms with Gasteiger partial charge in [-0.15, -0.1) is 0 Å². The Morgan fingerprint density at radius 3 is 2.93 bits per heavy atom. The lowest BCUT2D eigenvalue weighted by Crippen LogP contribution is -2.41. The molecule has 15 heavy (non-hydrogen) atoms. The van der Waals surface area contributed by atoms with Crippen LogP contribution in [0.4, 0.5) is 0 Å². The summed E-state index contributed by atoms with van der Waals surface area (Å²) >= 11 is 2.07. The molecule has 0 unspecified atom stereocenters. The van der Waals surface area contributed by atoms with E-state index < -0.39 is 0 Å². The van der Waals surface area contributed by atoms with Crippen molar-refractivity contribution in [1.29, 1.82) is 0 Å². The lowest BCUT2D eigenvalue weighted by atomic mass is 10.0. The first-order chi connectivity index (χ1) is 7.18. The number of piperidine rings is 1. The minimum atomic E-state index is 0.0325. The average molecular weight is 319 g/mol. The Labute approximate surface area is 103 Å². The number of likely N-dealkylation sites (tertiary alicyclic amines) is 1. The molecule has 1 amide bonds. The van der Waals surface area contributed by atoms with Crippen LogP contribution in [-0.2, 0) is 0 Å². The largest absolute Gasteiger partial charge is 0.445 e. The highest BCUT2D eigenvalue weighted by Gasteiger charge is 2.25. The smallest absolute Gasteiger partial charge is 0.289 e. The van der Waals surface area contributed by atoms with Crippen LogP contribution in [0.25, 0.3) is 0 Å². The lowest BCUT2D eigenvalue weighted by Gasteiger charge is -2.32. The number of rotatable bonds is 1. The Bertz CT molecular complexity index is 361. The van der Waals surface area contributed by atoms with E-state index in [-0.39, 0.29) is 5.91 Å². The number of amides is 1. The van der Waals surface area contributed by atoms with Gasteiger partial charge in [-0.05, 0) is 60.9 Å². The highest BCUT2D eigenvalue weighted by molar-refractivity contribution is 14.1. The first kappa shape index (κ1) is 11.0. The molecule has 2 heterocycles. The molecule has 3 nitrogen and oxygen atoms in total. The van der Waals surface area contributed by atoms with Crippen LogP contribution >= 0.6 is 22.6 Å². The maximum absolute atomic E-state index is 12.1. The number of hydrogen-bond acceptors (Lipinski definition) is 2. The summed E-state index contributed by atoms with van der Waals surface area (Å²) in [5.74, 6) is 0.498. The molecule has 0 bridgehead atoms. The van der Waals surface area contributed by atoms with Gasteiger partial charge in [-0.2, -0.15) is 0 Å². The van der Waals surface area contributed by atoms with Crippen LogP contribution in [0, 0.1) is 3.77 Å². The molecular weight excluding hydrogens is 305 g/mol. The molecule has 82 valence electrons. The number of carbonyl (C=O) groups is 1. The van der Waals surface area contributed by atoms with Crippen LogP contribution < -0.4 is 0 Å². The second kappa shape index (κ2) is 4.55. The monoisotopic (exact) mass is 319 g/mol. The van der Waals surface area contributed by atoms with E-state index in [2.05, 4.69) is 29.5 Å². The summed E-state index contributed by atoms with van der Waals surface area (Å²) in [6.07, 6.45) is 3.43. The van der Waals surface area contributed by atoms with Crippen molar-refractivity contribution in [1.82, 2.24) is 4.90 Å². The molecule has 2 rings (SSSR count). The molecule has 1 aromatic heterocycles. The minimum Gasteiger partial charge on any atom is -0.445 e. The zero-order valence-electron chi connectivity index (χ0n) is 8.70. The van der Waals surface area contributed by atoms with Crippen LogP contribution in [0.5, 0.6) is 0 Å². The summed E-state index contributed by atoms with van der Waals surface area (Å²) in [6.45, 7) is 2.96. The molecule has 0 saturated carbocycles. The molecule has 1 aliphatic heterocycles. The predicted octanol–water partition coefficient (Wildman–Crippen LogP) is 2.90. The summed E-state index contributed by atoms with van der Waals surface area (Å²) in [4.78, 5) is 14.0. The normalized spacial score (nSPS) is 21.7. The van der Waals surface area contributed by atoms with Gasteiger partial charge < -0.3 is 9.32 Å². The van der Waals surface area contributed by atoms with E-state index in [1.807, 2.05) is 11.0 Å². The lowest BCUT2D eigenvalue weighted by molar-refractivity contribution is 0.0601. The van der Waals surface area contributed by atoms with Crippen molar-refractivity contribution >= 4 is 28.5 Å². The molecule has 0 aromatic carbocycles. The Kier molecular flexibility index (Phi) is 3.33. The fraction of sp³-hybridized carbons (Fsp3) is 0.545. The van der Waals surface area contributed by atoms with Crippen molar-refractivity contribution in [3.8, 4) is 0 Å². The molecular formula is C11H14INO2. The Hall–Kier alpha value is -0.520. The van der Waals surface area contributed by atoms with Crippen molar-refractivity contribution in [2.45, 2.75) is 32.2 Å². The van der Waals surface area contributed by atoms with Crippen LogP contribution in [0.3, 0.4) is 0 Å².